The first-order valence-corrected chi connectivity index (χ1v) is 11.4. The number of aliphatic imine (C=N–C) groups is 1. The number of carbonyl (C=O) groups is 2. The number of hydrogen-bond donors (Lipinski definition) is 2. The van der Waals surface area contributed by atoms with Gasteiger partial charge in [-0.3, -0.25) is 14.5 Å². The van der Waals surface area contributed by atoms with Crippen molar-refractivity contribution < 1.29 is 9.59 Å². The number of nitrogens with one attached hydrogen (secondary N) is 2. The number of benzene rings is 2. The SMILES string of the molecule is CC1=N/C(=C\c2ccc(C(C)(C)C)[nH]2)C(=O)N1c1ccc(CC(=O)NCc2ccccc2)cc1. The van der Waals surface area contributed by atoms with Crippen molar-refractivity contribution >= 4 is 29.4 Å². The van der Waals surface area contributed by atoms with E-state index in [2.05, 4.69) is 36.1 Å². The van der Waals surface area contributed by atoms with E-state index in [0.29, 0.717) is 18.1 Å². The molecule has 1 aromatic heterocycles. The summed E-state index contributed by atoms with van der Waals surface area (Å²) in [6, 6.07) is 21.3. The van der Waals surface area contributed by atoms with Crippen LogP contribution in [0.4, 0.5) is 5.69 Å². The smallest absolute Gasteiger partial charge is 0.282 e. The minimum atomic E-state index is -0.169. The molecular weight excluding hydrogens is 424 g/mol. The maximum atomic E-state index is 13.1. The summed E-state index contributed by atoms with van der Waals surface area (Å²) in [5, 5.41) is 2.94. The van der Waals surface area contributed by atoms with Gasteiger partial charge >= 0.3 is 0 Å². The molecule has 2 heterocycles. The second kappa shape index (κ2) is 9.51. The summed E-state index contributed by atoms with van der Waals surface area (Å²) >= 11 is 0. The number of nitrogens with zero attached hydrogens (tertiary/aromatic N) is 2. The molecule has 0 atom stereocenters. The fourth-order valence-electron chi connectivity index (χ4n) is 3.82. The summed E-state index contributed by atoms with van der Waals surface area (Å²) < 4.78 is 0. The molecule has 1 aliphatic rings. The number of anilines is 1. The normalized spacial score (nSPS) is 15.1. The summed E-state index contributed by atoms with van der Waals surface area (Å²) in [5.41, 5.74) is 5.02. The summed E-state index contributed by atoms with van der Waals surface area (Å²) in [7, 11) is 0. The van der Waals surface area contributed by atoms with Crippen LogP contribution in [0.2, 0.25) is 0 Å². The Labute approximate surface area is 200 Å². The number of aromatic nitrogens is 1. The second-order valence-electron chi connectivity index (χ2n) is 9.51. The largest absolute Gasteiger partial charge is 0.358 e. The topological polar surface area (TPSA) is 77.6 Å². The zero-order valence-electron chi connectivity index (χ0n) is 20.1. The molecule has 0 spiro atoms. The Morgan fingerprint density at radius 3 is 2.35 bits per heavy atom. The van der Waals surface area contributed by atoms with Gasteiger partial charge in [-0.05, 0) is 48.4 Å². The lowest BCUT2D eigenvalue weighted by Gasteiger charge is -2.16. The standard InChI is InChI=1S/C28H30N4O2/c1-19-30-24(17-22-12-15-25(31-22)28(2,3)4)27(34)32(19)23-13-10-20(11-14-23)16-26(33)29-18-21-8-6-5-7-9-21/h5-15,17,31H,16,18H2,1-4H3,(H,29,33)/b24-17-. The van der Waals surface area contributed by atoms with Gasteiger partial charge in [-0.15, -0.1) is 0 Å². The van der Waals surface area contributed by atoms with Crippen molar-refractivity contribution in [3.05, 3.63) is 94.9 Å². The van der Waals surface area contributed by atoms with Crippen LogP contribution in [0.1, 0.15) is 50.2 Å². The van der Waals surface area contributed by atoms with Gasteiger partial charge < -0.3 is 10.3 Å². The highest BCUT2D eigenvalue weighted by molar-refractivity contribution is 6.28. The number of H-pyrrole nitrogens is 1. The summed E-state index contributed by atoms with van der Waals surface area (Å²) in [6.07, 6.45) is 2.06. The van der Waals surface area contributed by atoms with Crippen LogP contribution in [0.3, 0.4) is 0 Å². The number of hydrogen-bond acceptors (Lipinski definition) is 3. The Morgan fingerprint density at radius 2 is 1.71 bits per heavy atom. The van der Waals surface area contributed by atoms with Gasteiger partial charge in [0.2, 0.25) is 5.91 Å². The third-order valence-corrected chi connectivity index (χ3v) is 5.73. The number of rotatable bonds is 6. The van der Waals surface area contributed by atoms with Crippen LogP contribution in [0.25, 0.3) is 6.08 Å². The van der Waals surface area contributed by atoms with E-state index >= 15 is 0 Å². The molecule has 34 heavy (non-hydrogen) atoms. The molecule has 0 unspecified atom stereocenters. The third-order valence-electron chi connectivity index (χ3n) is 5.73. The molecule has 1 aliphatic heterocycles. The van der Waals surface area contributed by atoms with E-state index in [1.54, 1.807) is 11.0 Å². The zero-order chi connectivity index (χ0) is 24.3. The average molecular weight is 455 g/mol. The molecule has 0 saturated carbocycles. The van der Waals surface area contributed by atoms with Crippen LogP contribution in [-0.4, -0.2) is 22.6 Å². The van der Waals surface area contributed by atoms with Gasteiger partial charge in [-0.25, -0.2) is 4.99 Å². The molecule has 6 nitrogen and oxygen atoms in total. The van der Waals surface area contributed by atoms with E-state index < -0.39 is 0 Å². The minimum Gasteiger partial charge on any atom is -0.358 e. The Hall–Kier alpha value is -3.93. The van der Waals surface area contributed by atoms with Gasteiger partial charge in [0.25, 0.3) is 5.91 Å². The van der Waals surface area contributed by atoms with E-state index in [1.807, 2.05) is 73.7 Å². The van der Waals surface area contributed by atoms with Gasteiger partial charge in [0.05, 0.1) is 12.1 Å². The van der Waals surface area contributed by atoms with Gasteiger partial charge in [-0.2, -0.15) is 0 Å². The van der Waals surface area contributed by atoms with Crippen LogP contribution < -0.4 is 10.2 Å². The van der Waals surface area contributed by atoms with Crippen molar-refractivity contribution in [3.8, 4) is 0 Å². The number of aromatic amines is 1. The Balaban J connectivity index is 1.40. The Bertz CT molecular complexity index is 1250. The Morgan fingerprint density at radius 1 is 1.00 bits per heavy atom. The van der Waals surface area contributed by atoms with Crippen LogP contribution in [0.15, 0.2) is 77.4 Å². The zero-order valence-corrected chi connectivity index (χ0v) is 20.1. The number of amides is 2. The fourth-order valence-corrected chi connectivity index (χ4v) is 3.82. The molecule has 0 bridgehead atoms. The maximum absolute atomic E-state index is 13.1. The van der Waals surface area contributed by atoms with Crippen molar-refractivity contribution in [2.24, 2.45) is 4.99 Å². The van der Waals surface area contributed by atoms with Crippen LogP contribution in [-0.2, 0) is 28.0 Å². The monoisotopic (exact) mass is 454 g/mol. The lowest BCUT2D eigenvalue weighted by molar-refractivity contribution is -0.120. The highest BCUT2D eigenvalue weighted by atomic mass is 16.2. The molecule has 0 saturated heterocycles. The predicted molar refractivity (Wildman–Crippen MR) is 136 cm³/mol. The lowest BCUT2D eigenvalue weighted by Crippen LogP contribution is -2.30. The highest BCUT2D eigenvalue weighted by Crippen LogP contribution is 2.27. The van der Waals surface area contributed by atoms with Crippen LogP contribution in [0, 0.1) is 0 Å². The van der Waals surface area contributed by atoms with E-state index in [4.69, 9.17) is 0 Å². The molecular formula is C28H30N4O2. The molecule has 2 amide bonds. The van der Waals surface area contributed by atoms with Gasteiger partial charge in [-0.1, -0.05) is 63.2 Å². The summed E-state index contributed by atoms with van der Waals surface area (Å²) in [6.45, 7) is 8.73. The van der Waals surface area contributed by atoms with E-state index in [-0.39, 0.29) is 23.7 Å². The van der Waals surface area contributed by atoms with Crippen molar-refractivity contribution in [2.45, 2.75) is 46.1 Å². The summed E-state index contributed by atoms with van der Waals surface area (Å²) in [5.74, 6) is 0.405. The quantitative estimate of drug-likeness (QED) is 0.516. The van der Waals surface area contributed by atoms with Gasteiger partial charge in [0.15, 0.2) is 0 Å². The van der Waals surface area contributed by atoms with E-state index in [9.17, 15) is 9.59 Å². The van der Waals surface area contributed by atoms with Crippen molar-refractivity contribution in [1.82, 2.24) is 10.3 Å². The molecule has 2 aromatic carbocycles. The average Bonchev–Trinajstić information content (AvgIpc) is 3.38. The van der Waals surface area contributed by atoms with Crippen molar-refractivity contribution in [3.63, 3.8) is 0 Å². The van der Waals surface area contributed by atoms with Crippen molar-refractivity contribution in [2.75, 3.05) is 4.90 Å². The number of carbonyl (C=O) groups excluding carboxylic acids is 2. The molecule has 0 aliphatic carbocycles. The second-order valence-corrected chi connectivity index (χ2v) is 9.51. The lowest BCUT2D eigenvalue weighted by atomic mass is 9.93. The molecule has 6 heteroatoms. The maximum Gasteiger partial charge on any atom is 0.282 e. The molecule has 4 rings (SSSR count). The summed E-state index contributed by atoms with van der Waals surface area (Å²) in [4.78, 5) is 34.8. The van der Waals surface area contributed by atoms with Gasteiger partial charge in [0.1, 0.15) is 11.5 Å². The minimum absolute atomic E-state index is 0.00184. The van der Waals surface area contributed by atoms with E-state index in [1.165, 1.54) is 0 Å². The molecule has 0 radical (unpaired) electrons. The third kappa shape index (κ3) is 5.34. The van der Waals surface area contributed by atoms with Crippen LogP contribution >= 0.6 is 0 Å². The fraction of sp³-hybridized carbons (Fsp3) is 0.250. The van der Waals surface area contributed by atoms with Crippen LogP contribution in [0.5, 0.6) is 0 Å². The molecule has 3 aromatic rings. The van der Waals surface area contributed by atoms with Crippen molar-refractivity contribution in [1.29, 1.82) is 0 Å². The Kier molecular flexibility index (Phi) is 6.50. The molecule has 2 N–H and O–H groups in total. The number of amidine groups is 1. The molecule has 174 valence electrons. The van der Waals surface area contributed by atoms with E-state index in [0.717, 1.165) is 28.2 Å². The first kappa shape index (κ1) is 23.2. The predicted octanol–water partition coefficient (Wildman–Crippen LogP) is 4.98. The first-order chi connectivity index (χ1) is 16.2. The first-order valence-electron chi connectivity index (χ1n) is 11.4. The molecule has 0 fully saturated rings. The highest BCUT2D eigenvalue weighted by Gasteiger charge is 2.29. The van der Waals surface area contributed by atoms with Gasteiger partial charge in [0, 0.05) is 23.3 Å².